The van der Waals surface area contributed by atoms with Crippen molar-refractivity contribution in [1.82, 2.24) is 4.57 Å². The summed E-state index contributed by atoms with van der Waals surface area (Å²) in [5, 5.41) is 1.76. The minimum Gasteiger partial charge on any atom is -0.319 e. The lowest BCUT2D eigenvalue weighted by atomic mass is 10.1. The SMILES string of the molecule is Cc1ccc(S(C)(=O)=O)cc1C(=O)N=c1sccn1Cc1ccccc1F. The largest absolute Gasteiger partial charge is 0.319 e. The number of carbonyl (C=O) groups is 1. The van der Waals surface area contributed by atoms with Gasteiger partial charge < -0.3 is 4.57 Å². The number of nitrogens with zero attached hydrogens (tertiary/aromatic N) is 2. The molecule has 5 nitrogen and oxygen atoms in total. The Balaban J connectivity index is 1.98. The van der Waals surface area contributed by atoms with Crippen LogP contribution in [0.4, 0.5) is 4.39 Å². The molecule has 0 radical (unpaired) electrons. The van der Waals surface area contributed by atoms with E-state index < -0.39 is 15.7 Å². The number of benzene rings is 2. The Morgan fingerprint density at radius 1 is 1.22 bits per heavy atom. The highest BCUT2D eigenvalue weighted by Crippen LogP contribution is 2.16. The fraction of sp³-hybridized carbons (Fsp3) is 0.158. The second kappa shape index (κ2) is 7.58. The number of aryl methyl sites for hydroxylation is 1. The molecule has 0 aliphatic rings. The number of hydrogen-bond donors (Lipinski definition) is 0. The van der Waals surface area contributed by atoms with Crippen molar-refractivity contribution in [3.8, 4) is 0 Å². The highest BCUT2D eigenvalue weighted by Gasteiger charge is 2.14. The van der Waals surface area contributed by atoms with Crippen molar-refractivity contribution in [2.24, 2.45) is 4.99 Å². The summed E-state index contributed by atoms with van der Waals surface area (Å²) in [5.41, 5.74) is 1.34. The number of sulfone groups is 1. The molecule has 1 amide bonds. The summed E-state index contributed by atoms with van der Waals surface area (Å²) < 4.78 is 39.1. The van der Waals surface area contributed by atoms with Gasteiger partial charge in [-0.15, -0.1) is 11.3 Å². The van der Waals surface area contributed by atoms with Crippen LogP contribution in [0.5, 0.6) is 0 Å². The Bertz CT molecular complexity index is 1180. The van der Waals surface area contributed by atoms with Gasteiger partial charge in [-0.3, -0.25) is 4.79 Å². The number of amides is 1. The van der Waals surface area contributed by atoms with E-state index in [0.29, 0.717) is 15.9 Å². The highest BCUT2D eigenvalue weighted by atomic mass is 32.2. The maximum absolute atomic E-state index is 13.9. The van der Waals surface area contributed by atoms with Gasteiger partial charge in [-0.25, -0.2) is 12.8 Å². The molecule has 140 valence electrons. The van der Waals surface area contributed by atoms with Gasteiger partial charge >= 0.3 is 0 Å². The Morgan fingerprint density at radius 3 is 2.67 bits per heavy atom. The van der Waals surface area contributed by atoms with E-state index in [1.165, 1.54) is 29.5 Å². The fourth-order valence-electron chi connectivity index (χ4n) is 2.53. The van der Waals surface area contributed by atoms with Crippen molar-refractivity contribution < 1.29 is 17.6 Å². The Kier molecular flexibility index (Phi) is 5.38. The summed E-state index contributed by atoms with van der Waals surface area (Å²) in [4.78, 5) is 17.2. The van der Waals surface area contributed by atoms with Crippen LogP contribution in [0.15, 0.2) is 63.9 Å². The molecule has 1 aromatic heterocycles. The van der Waals surface area contributed by atoms with E-state index in [1.54, 1.807) is 47.3 Å². The first-order chi connectivity index (χ1) is 12.8. The quantitative estimate of drug-likeness (QED) is 0.671. The first-order valence-corrected chi connectivity index (χ1v) is 10.8. The third-order valence-corrected chi connectivity index (χ3v) is 5.93. The summed E-state index contributed by atoms with van der Waals surface area (Å²) in [6.45, 7) is 1.96. The van der Waals surface area contributed by atoms with Crippen LogP contribution in [0.2, 0.25) is 0 Å². The van der Waals surface area contributed by atoms with Gasteiger partial charge in [0.05, 0.1) is 11.4 Å². The first-order valence-electron chi connectivity index (χ1n) is 8.03. The molecule has 0 bridgehead atoms. The van der Waals surface area contributed by atoms with Gasteiger partial charge in [0.1, 0.15) is 5.82 Å². The van der Waals surface area contributed by atoms with Crippen LogP contribution in [-0.4, -0.2) is 25.1 Å². The Morgan fingerprint density at radius 2 is 1.96 bits per heavy atom. The molecule has 2 aromatic carbocycles. The van der Waals surface area contributed by atoms with Gasteiger partial charge in [0.15, 0.2) is 14.6 Å². The molecule has 0 spiro atoms. The van der Waals surface area contributed by atoms with Crippen molar-refractivity contribution >= 4 is 27.1 Å². The number of halogens is 1. The summed E-state index contributed by atoms with van der Waals surface area (Å²) in [6, 6.07) is 10.8. The van der Waals surface area contributed by atoms with E-state index >= 15 is 0 Å². The predicted octanol–water partition coefficient (Wildman–Crippen LogP) is 3.19. The smallest absolute Gasteiger partial charge is 0.279 e. The molecule has 0 saturated carbocycles. The molecular weight excluding hydrogens is 387 g/mol. The fourth-order valence-corrected chi connectivity index (χ4v) is 3.90. The lowest BCUT2D eigenvalue weighted by Crippen LogP contribution is -2.18. The number of rotatable bonds is 4. The molecule has 3 rings (SSSR count). The standard InChI is InChI=1S/C19H17FN2O3S2/c1-13-7-8-15(27(2,24)25)11-16(13)18(23)21-19-22(9-10-26-19)12-14-5-3-4-6-17(14)20/h3-11H,12H2,1-2H3. The summed E-state index contributed by atoms with van der Waals surface area (Å²) in [6.07, 6.45) is 2.81. The molecule has 0 aliphatic carbocycles. The van der Waals surface area contributed by atoms with Gasteiger partial charge in [-0.1, -0.05) is 24.3 Å². The van der Waals surface area contributed by atoms with Crippen molar-refractivity contribution in [2.45, 2.75) is 18.4 Å². The second-order valence-electron chi connectivity index (χ2n) is 6.07. The molecule has 0 saturated heterocycles. The summed E-state index contributed by atoms with van der Waals surface area (Å²) in [5.74, 6) is -0.868. The van der Waals surface area contributed by atoms with Gasteiger partial charge in [0, 0.05) is 29.0 Å². The molecule has 8 heteroatoms. The molecule has 27 heavy (non-hydrogen) atoms. The third kappa shape index (κ3) is 4.40. The maximum Gasteiger partial charge on any atom is 0.279 e. The van der Waals surface area contributed by atoms with Gasteiger partial charge in [0.25, 0.3) is 5.91 Å². The predicted molar refractivity (Wildman–Crippen MR) is 102 cm³/mol. The molecule has 0 aliphatic heterocycles. The zero-order valence-electron chi connectivity index (χ0n) is 14.7. The van der Waals surface area contributed by atoms with Crippen LogP contribution in [0.3, 0.4) is 0 Å². The van der Waals surface area contributed by atoms with E-state index in [9.17, 15) is 17.6 Å². The molecule has 0 unspecified atom stereocenters. The van der Waals surface area contributed by atoms with Crippen LogP contribution >= 0.6 is 11.3 Å². The van der Waals surface area contributed by atoms with E-state index in [4.69, 9.17) is 0 Å². The molecule has 3 aromatic rings. The summed E-state index contributed by atoms with van der Waals surface area (Å²) >= 11 is 1.25. The normalized spacial score (nSPS) is 12.3. The average Bonchev–Trinajstić information content (AvgIpc) is 3.03. The number of hydrogen-bond acceptors (Lipinski definition) is 4. The monoisotopic (exact) mass is 404 g/mol. The van der Waals surface area contributed by atoms with E-state index in [-0.39, 0.29) is 22.8 Å². The van der Waals surface area contributed by atoms with Crippen molar-refractivity contribution in [3.63, 3.8) is 0 Å². The van der Waals surface area contributed by atoms with Crippen LogP contribution in [-0.2, 0) is 16.4 Å². The minimum absolute atomic E-state index is 0.0667. The van der Waals surface area contributed by atoms with E-state index in [2.05, 4.69) is 4.99 Å². The lowest BCUT2D eigenvalue weighted by Gasteiger charge is -2.06. The third-order valence-electron chi connectivity index (χ3n) is 4.02. The van der Waals surface area contributed by atoms with Gasteiger partial charge in [0.2, 0.25) is 0 Å². The topological polar surface area (TPSA) is 68.5 Å². The Labute approximate surface area is 160 Å². The van der Waals surface area contributed by atoms with Crippen molar-refractivity contribution in [1.29, 1.82) is 0 Å². The number of carbonyl (C=O) groups excluding carboxylic acids is 1. The van der Waals surface area contributed by atoms with E-state index in [1.807, 2.05) is 0 Å². The highest BCUT2D eigenvalue weighted by molar-refractivity contribution is 7.90. The lowest BCUT2D eigenvalue weighted by molar-refractivity contribution is 0.0997. The minimum atomic E-state index is -3.43. The molecule has 0 N–H and O–H groups in total. The van der Waals surface area contributed by atoms with Crippen LogP contribution in [0.1, 0.15) is 21.5 Å². The van der Waals surface area contributed by atoms with Crippen molar-refractivity contribution in [3.05, 3.63) is 81.4 Å². The Hall–Kier alpha value is -2.58. The summed E-state index contributed by atoms with van der Waals surface area (Å²) in [7, 11) is -3.43. The average molecular weight is 404 g/mol. The first kappa shape index (κ1) is 19.2. The number of aromatic nitrogens is 1. The molecule has 0 atom stereocenters. The molecule has 0 fully saturated rings. The van der Waals surface area contributed by atoms with E-state index in [0.717, 1.165) is 6.26 Å². The molecular formula is C19H17FN2O3S2. The van der Waals surface area contributed by atoms with Crippen LogP contribution in [0.25, 0.3) is 0 Å². The van der Waals surface area contributed by atoms with Crippen LogP contribution in [0, 0.1) is 12.7 Å². The maximum atomic E-state index is 13.9. The number of thiazole rings is 1. The van der Waals surface area contributed by atoms with Gasteiger partial charge in [-0.2, -0.15) is 4.99 Å². The van der Waals surface area contributed by atoms with Crippen LogP contribution < -0.4 is 4.80 Å². The second-order valence-corrected chi connectivity index (χ2v) is 8.96. The zero-order valence-corrected chi connectivity index (χ0v) is 16.3. The van der Waals surface area contributed by atoms with Crippen molar-refractivity contribution in [2.75, 3.05) is 6.26 Å². The van der Waals surface area contributed by atoms with Gasteiger partial charge in [-0.05, 0) is 30.7 Å². The zero-order chi connectivity index (χ0) is 19.6. The molecule has 1 heterocycles.